The van der Waals surface area contributed by atoms with Gasteiger partial charge in [-0.15, -0.1) is 11.8 Å². The van der Waals surface area contributed by atoms with E-state index in [1.54, 1.807) is 13.0 Å². The van der Waals surface area contributed by atoms with Crippen molar-refractivity contribution in [2.45, 2.75) is 25.8 Å². The van der Waals surface area contributed by atoms with Crippen LogP contribution in [0.25, 0.3) is 0 Å². The molecule has 1 atom stereocenters. The van der Waals surface area contributed by atoms with Crippen LogP contribution in [0.1, 0.15) is 18.6 Å². The Kier molecular flexibility index (Phi) is 5.63. The van der Waals surface area contributed by atoms with E-state index in [-0.39, 0.29) is 29.4 Å². The fourth-order valence-electron chi connectivity index (χ4n) is 1.81. The molecule has 2 amide bonds. The van der Waals surface area contributed by atoms with Gasteiger partial charge in [0.05, 0.1) is 11.5 Å². The van der Waals surface area contributed by atoms with E-state index in [2.05, 4.69) is 15.8 Å². The quantitative estimate of drug-likeness (QED) is 0.645. The first kappa shape index (κ1) is 15.8. The van der Waals surface area contributed by atoms with Crippen molar-refractivity contribution in [2.24, 2.45) is 11.7 Å². The fourth-order valence-corrected chi connectivity index (χ4v) is 2.46. The van der Waals surface area contributed by atoms with Gasteiger partial charge in [-0.1, -0.05) is 5.16 Å². The van der Waals surface area contributed by atoms with Gasteiger partial charge in [-0.05, 0) is 25.7 Å². The SMILES string of the molecule is Cc1cc(NC(=O)CSCC(=O)NCC(N)C2CC2)no1. The Labute approximate surface area is 127 Å². The summed E-state index contributed by atoms with van der Waals surface area (Å²) >= 11 is 1.25. The van der Waals surface area contributed by atoms with E-state index in [4.69, 9.17) is 10.3 Å². The highest BCUT2D eigenvalue weighted by molar-refractivity contribution is 8.00. The molecular weight excluding hydrogens is 292 g/mol. The Hall–Kier alpha value is -1.54. The summed E-state index contributed by atoms with van der Waals surface area (Å²) < 4.78 is 4.84. The molecule has 0 radical (unpaired) electrons. The highest BCUT2D eigenvalue weighted by atomic mass is 32.2. The van der Waals surface area contributed by atoms with Crippen molar-refractivity contribution in [1.82, 2.24) is 10.5 Å². The predicted octanol–water partition coefficient (Wildman–Crippen LogP) is 0.508. The molecule has 1 aliphatic carbocycles. The smallest absolute Gasteiger partial charge is 0.235 e. The van der Waals surface area contributed by atoms with Crippen LogP contribution in [0.15, 0.2) is 10.6 Å². The average Bonchev–Trinajstić information content (AvgIpc) is 3.20. The Morgan fingerprint density at radius 3 is 2.81 bits per heavy atom. The average molecular weight is 312 g/mol. The third kappa shape index (κ3) is 5.76. The second-order valence-corrected chi connectivity index (χ2v) is 6.15. The number of thioether (sulfide) groups is 1. The van der Waals surface area contributed by atoms with E-state index in [0.717, 1.165) is 12.8 Å². The van der Waals surface area contributed by atoms with Gasteiger partial charge < -0.3 is 20.9 Å². The van der Waals surface area contributed by atoms with Crippen molar-refractivity contribution in [2.75, 3.05) is 23.4 Å². The summed E-state index contributed by atoms with van der Waals surface area (Å²) in [4.78, 5) is 23.2. The van der Waals surface area contributed by atoms with Crippen LogP contribution in [-0.4, -0.2) is 41.1 Å². The molecule has 1 aliphatic rings. The van der Waals surface area contributed by atoms with Crippen molar-refractivity contribution >= 4 is 29.4 Å². The number of anilines is 1. The lowest BCUT2D eigenvalue weighted by atomic mass is 10.2. The summed E-state index contributed by atoms with van der Waals surface area (Å²) in [6.07, 6.45) is 2.32. The molecule has 0 aliphatic heterocycles. The number of nitrogens with zero attached hydrogens (tertiary/aromatic N) is 1. The zero-order chi connectivity index (χ0) is 15.2. The Bertz CT molecular complexity index is 501. The minimum Gasteiger partial charge on any atom is -0.360 e. The Balaban J connectivity index is 1.55. The molecule has 0 saturated heterocycles. The summed E-state index contributed by atoms with van der Waals surface area (Å²) in [6.45, 7) is 2.25. The molecule has 116 valence electrons. The summed E-state index contributed by atoms with van der Waals surface area (Å²) in [5.41, 5.74) is 5.89. The highest BCUT2D eigenvalue weighted by Crippen LogP contribution is 2.31. The molecule has 2 rings (SSSR count). The number of nitrogens with two attached hydrogens (primary N) is 1. The van der Waals surface area contributed by atoms with Crippen LogP contribution in [0.5, 0.6) is 0 Å². The van der Waals surface area contributed by atoms with Gasteiger partial charge in [0.2, 0.25) is 11.8 Å². The zero-order valence-electron chi connectivity index (χ0n) is 11.9. The second kappa shape index (κ2) is 7.46. The predicted molar refractivity (Wildman–Crippen MR) is 80.9 cm³/mol. The van der Waals surface area contributed by atoms with Gasteiger partial charge in [-0.25, -0.2) is 0 Å². The van der Waals surface area contributed by atoms with E-state index in [1.165, 1.54) is 11.8 Å². The standard InChI is InChI=1S/C13H20N4O3S/c1-8-4-11(17-20-8)16-13(19)7-21-6-12(18)15-5-10(14)9-2-3-9/h4,9-10H,2-3,5-7,14H2,1H3,(H,15,18)(H,16,17,19). The maximum atomic E-state index is 11.6. The zero-order valence-corrected chi connectivity index (χ0v) is 12.7. The maximum Gasteiger partial charge on any atom is 0.235 e. The number of hydrogen-bond donors (Lipinski definition) is 3. The molecule has 0 spiro atoms. The molecule has 4 N–H and O–H groups in total. The molecule has 8 heteroatoms. The number of aromatic nitrogens is 1. The van der Waals surface area contributed by atoms with Gasteiger partial charge in [0.1, 0.15) is 5.76 Å². The van der Waals surface area contributed by atoms with Gasteiger partial charge in [-0.3, -0.25) is 9.59 Å². The molecule has 1 unspecified atom stereocenters. The molecule has 0 bridgehead atoms. The number of carbonyl (C=O) groups excluding carboxylic acids is 2. The second-order valence-electron chi connectivity index (χ2n) is 5.17. The first-order valence-corrected chi connectivity index (χ1v) is 8.03. The van der Waals surface area contributed by atoms with Crippen LogP contribution in [0.4, 0.5) is 5.82 Å². The first-order chi connectivity index (χ1) is 10.0. The van der Waals surface area contributed by atoms with Crippen LogP contribution in [0.3, 0.4) is 0 Å². The van der Waals surface area contributed by atoms with Gasteiger partial charge in [-0.2, -0.15) is 0 Å². The van der Waals surface area contributed by atoms with E-state index < -0.39 is 0 Å². The van der Waals surface area contributed by atoms with Crippen molar-refractivity contribution in [3.8, 4) is 0 Å². The highest BCUT2D eigenvalue weighted by Gasteiger charge is 2.28. The molecule has 7 nitrogen and oxygen atoms in total. The number of amides is 2. The van der Waals surface area contributed by atoms with E-state index in [0.29, 0.717) is 24.0 Å². The molecule has 0 aromatic carbocycles. The normalized spacial score (nSPS) is 15.5. The summed E-state index contributed by atoms with van der Waals surface area (Å²) in [7, 11) is 0. The molecular formula is C13H20N4O3S. The molecule has 1 aromatic rings. The number of nitrogens with one attached hydrogen (secondary N) is 2. The lowest BCUT2D eigenvalue weighted by molar-refractivity contribution is -0.118. The van der Waals surface area contributed by atoms with E-state index in [9.17, 15) is 9.59 Å². The first-order valence-electron chi connectivity index (χ1n) is 6.88. The fraction of sp³-hybridized carbons (Fsp3) is 0.615. The molecule has 1 heterocycles. The van der Waals surface area contributed by atoms with Gasteiger partial charge in [0.15, 0.2) is 5.82 Å². The van der Waals surface area contributed by atoms with E-state index in [1.807, 2.05) is 0 Å². The monoisotopic (exact) mass is 312 g/mol. The maximum absolute atomic E-state index is 11.6. The Morgan fingerprint density at radius 1 is 1.48 bits per heavy atom. The van der Waals surface area contributed by atoms with Gasteiger partial charge in [0.25, 0.3) is 0 Å². The minimum atomic E-state index is -0.212. The van der Waals surface area contributed by atoms with Crippen molar-refractivity contribution in [3.63, 3.8) is 0 Å². The topological polar surface area (TPSA) is 110 Å². The third-order valence-electron chi connectivity index (χ3n) is 3.12. The Morgan fingerprint density at radius 2 is 2.19 bits per heavy atom. The molecule has 1 saturated carbocycles. The van der Waals surface area contributed by atoms with Crippen molar-refractivity contribution < 1.29 is 14.1 Å². The third-order valence-corrected chi connectivity index (χ3v) is 4.06. The summed E-state index contributed by atoms with van der Waals surface area (Å²) in [5, 5.41) is 9.04. The lowest BCUT2D eigenvalue weighted by Gasteiger charge is -2.11. The van der Waals surface area contributed by atoms with Crippen LogP contribution < -0.4 is 16.4 Å². The molecule has 1 aromatic heterocycles. The van der Waals surface area contributed by atoms with Crippen LogP contribution >= 0.6 is 11.8 Å². The molecule has 21 heavy (non-hydrogen) atoms. The van der Waals surface area contributed by atoms with Crippen molar-refractivity contribution in [1.29, 1.82) is 0 Å². The number of hydrogen-bond acceptors (Lipinski definition) is 6. The minimum absolute atomic E-state index is 0.0534. The lowest BCUT2D eigenvalue weighted by Crippen LogP contribution is -2.39. The number of aryl methyl sites for hydroxylation is 1. The van der Waals surface area contributed by atoms with Crippen LogP contribution in [0, 0.1) is 12.8 Å². The van der Waals surface area contributed by atoms with Crippen LogP contribution in [-0.2, 0) is 9.59 Å². The summed E-state index contributed by atoms with van der Waals surface area (Å²) in [6, 6.07) is 1.69. The van der Waals surface area contributed by atoms with Crippen molar-refractivity contribution in [3.05, 3.63) is 11.8 Å². The van der Waals surface area contributed by atoms with Gasteiger partial charge >= 0.3 is 0 Å². The van der Waals surface area contributed by atoms with Gasteiger partial charge in [0, 0.05) is 18.7 Å². The largest absolute Gasteiger partial charge is 0.360 e. The number of carbonyl (C=O) groups is 2. The van der Waals surface area contributed by atoms with E-state index >= 15 is 0 Å². The summed E-state index contributed by atoms with van der Waals surface area (Å²) in [5.74, 6) is 1.70. The number of rotatable bonds is 8. The molecule has 1 fully saturated rings. The van der Waals surface area contributed by atoms with Crippen LogP contribution in [0.2, 0.25) is 0 Å².